The van der Waals surface area contributed by atoms with Crippen molar-refractivity contribution in [2.24, 2.45) is 5.73 Å². The van der Waals surface area contributed by atoms with Crippen LogP contribution in [0.4, 0.5) is 0 Å². The molecule has 0 amide bonds. The van der Waals surface area contributed by atoms with Crippen molar-refractivity contribution in [1.29, 1.82) is 0 Å². The quantitative estimate of drug-likeness (QED) is 0.321. The molecule has 0 aliphatic carbocycles. The van der Waals surface area contributed by atoms with Gasteiger partial charge in [-0.05, 0) is 25.3 Å². The van der Waals surface area contributed by atoms with Gasteiger partial charge in [-0.15, -0.1) is 0 Å². The molecule has 8 heteroatoms. The minimum absolute atomic E-state index is 0.327. The molecule has 4 unspecified atom stereocenters. The Kier molecular flexibility index (Phi) is 10.7. The first-order valence-electron chi connectivity index (χ1n) is 9.30. The molecule has 0 fully saturated rings. The van der Waals surface area contributed by atoms with Crippen molar-refractivity contribution in [1.82, 2.24) is 0 Å². The molecule has 4 N–H and O–H groups in total. The predicted octanol–water partition coefficient (Wildman–Crippen LogP) is 1.43. The van der Waals surface area contributed by atoms with Crippen LogP contribution >= 0.6 is 0 Å². The van der Waals surface area contributed by atoms with E-state index in [1.165, 1.54) is 21.0 Å². The van der Waals surface area contributed by atoms with Crippen LogP contribution < -0.4 is 5.73 Å². The van der Waals surface area contributed by atoms with Gasteiger partial charge in [0.2, 0.25) is 0 Å². The van der Waals surface area contributed by atoms with Crippen LogP contribution in [0.5, 0.6) is 0 Å². The normalized spacial score (nSPS) is 16.5. The van der Waals surface area contributed by atoms with Crippen molar-refractivity contribution in [2.45, 2.75) is 64.3 Å². The molecular weight excluding hydrogens is 366 g/mol. The zero-order valence-electron chi connectivity index (χ0n) is 16.9. The van der Waals surface area contributed by atoms with Crippen LogP contribution in [0.25, 0.3) is 0 Å². The van der Waals surface area contributed by atoms with Crippen LogP contribution in [-0.4, -0.2) is 55.3 Å². The highest BCUT2D eigenvalue weighted by atomic mass is 16.6. The molecule has 0 heterocycles. The van der Waals surface area contributed by atoms with Crippen LogP contribution in [0, 0.1) is 0 Å². The van der Waals surface area contributed by atoms with Crippen molar-refractivity contribution in [3.05, 3.63) is 35.9 Å². The van der Waals surface area contributed by atoms with E-state index in [-0.39, 0.29) is 0 Å². The van der Waals surface area contributed by atoms with E-state index in [4.69, 9.17) is 29.8 Å². The number of rotatable bonds is 12. The highest BCUT2D eigenvalue weighted by molar-refractivity contribution is 5.66. The van der Waals surface area contributed by atoms with Gasteiger partial charge < -0.3 is 29.8 Å². The van der Waals surface area contributed by atoms with Gasteiger partial charge >= 0.3 is 11.9 Å². The van der Waals surface area contributed by atoms with Crippen molar-refractivity contribution < 1.29 is 33.6 Å². The van der Waals surface area contributed by atoms with Crippen LogP contribution in [0.1, 0.15) is 45.3 Å². The van der Waals surface area contributed by atoms with E-state index < -0.39 is 42.6 Å². The van der Waals surface area contributed by atoms with Gasteiger partial charge in [0.1, 0.15) is 12.2 Å². The third-order valence-electron chi connectivity index (χ3n) is 4.23. The lowest BCUT2D eigenvalue weighted by atomic mass is 9.96. The molecule has 0 aromatic heterocycles. The van der Waals surface area contributed by atoms with Crippen molar-refractivity contribution in [3.8, 4) is 0 Å². The van der Waals surface area contributed by atoms with Crippen molar-refractivity contribution in [3.63, 3.8) is 0 Å². The fraction of sp³-hybridized carbons (Fsp3) is 0.600. The monoisotopic (exact) mass is 398 g/mol. The highest BCUT2D eigenvalue weighted by Gasteiger charge is 2.37. The summed E-state index contributed by atoms with van der Waals surface area (Å²) in [5.74, 6) is -0.890. The van der Waals surface area contributed by atoms with Crippen LogP contribution in [0.2, 0.25) is 0 Å². The first-order chi connectivity index (χ1) is 13.3. The van der Waals surface area contributed by atoms with Crippen LogP contribution in [0.15, 0.2) is 30.3 Å². The molecule has 0 saturated heterocycles. The number of carbonyl (C=O) groups excluding carboxylic acids is 2. The molecule has 1 rings (SSSR count). The van der Waals surface area contributed by atoms with E-state index in [2.05, 4.69) is 0 Å². The first-order valence-corrected chi connectivity index (χ1v) is 9.30. The van der Waals surface area contributed by atoms with E-state index in [1.54, 1.807) is 6.92 Å². The van der Waals surface area contributed by atoms with Gasteiger partial charge in [0.05, 0.1) is 6.04 Å². The lowest BCUT2D eigenvalue weighted by molar-refractivity contribution is -0.184. The number of esters is 2. The Hall–Kier alpha value is -2.00. The van der Waals surface area contributed by atoms with Crippen molar-refractivity contribution >= 4 is 11.9 Å². The topological polar surface area (TPSA) is 120 Å². The number of hydrogen-bond acceptors (Lipinski definition) is 7. The molecule has 28 heavy (non-hydrogen) atoms. The maximum Gasteiger partial charge on any atom is 0.303 e. The molecule has 158 valence electrons. The highest BCUT2D eigenvalue weighted by Crippen LogP contribution is 2.26. The molecule has 0 bridgehead atoms. The van der Waals surface area contributed by atoms with Gasteiger partial charge in [-0.2, -0.15) is 0 Å². The average Bonchev–Trinajstić information content (AvgIpc) is 2.67. The number of benzene rings is 1. The molecule has 0 saturated carbocycles. The number of hydrogen-bond donors (Lipinski definition) is 1. The average molecular weight is 398 g/mol. The minimum atomic E-state index is -1.02. The molecule has 8 nitrogen and oxygen atoms in total. The number of methoxy groups -OCH3 is 1. The third kappa shape index (κ3) is 7.93. The SMILES string of the molecule is CCOC(C([OH2+])OC)C(N)C(CC[C@@H](OC(C)=O)c1ccccc1)OC(C)=O. The summed E-state index contributed by atoms with van der Waals surface area (Å²) >= 11 is 0. The molecule has 1 aromatic rings. The van der Waals surface area contributed by atoms with Crippen molar-refractivity contribution in [2.75, 3.05) is 13.7 Å². The van der Waals surface area contributed by atoms with E-state index in [0.29, 0.717) is 19.4 Å². The van der Waals surface area contributed by atoms with Crippen LogP contribution in [0.3, 0.4) is 0 Å². The zero-order valence-corrected chi connectivity index (χ0v) is 16.9. The third-order valence-corrected chi connectivity index (χ3v) is 4.23. The molecule has 1 aromatic carbocycles. The lowest BCUT2D eigenvalue weighted by Gasteiger charge is -2.31. The standard InChI is InChI=1S/C20H31NO7/c1-5-26-19(20(24)25-4)18(21)17(28-14(3)23)12-11-16(27-13(2)22)15-9-7-6-8-10-15/h6-10,16-20,24H,5,11-12,21H2,1-4H3/p+1/t16-,17?,18?,19?,20?/m1/s1. The van der Waals surface area contributed by atoms with Gasteiger partial charge in [-0.1, -0.05) is 30.3 Å². The summed E-state index contributed by atoms with van der Waals surface area (Å²) in [6, 6.07) is 8.53. The largest absolute Gasteiger partial charge is 0.461 e. The molecule has 5 atom stereocenters. The summed E-state index contributed by atoms with van der Waals surface area (Å²) in [5, 5.41) is 7.99. The van der Waals surface area contributed by atoms with E-state index >= 15 is 0 Å². The Morgan fingerprint density at radius 2 is 1.68 bits per heavy atom. The second kappa shape index (κ2) is 12.5. The number of nitrogens with two attached hydrogens (primary N) is 1. The smallest absolute Gasteiger partial charge is 0.303 e. The number of carbonyl (C=O) groups is 2. The maximum absolute atomic E-state index is 11.6. The van der Waals surface area contributed by atoms with E-state index in [1.807, 2.05) is 30.3 Å². The Morgan fingerprint density at radius 3 is 2.18 bits per heavy atom. The maximum atomic E-state index is 11.6. The second-order valence-electron chi connectivity index (χ2n) is 6.39. The molecule has 0 aliphatic heterocycles. The summed E-state index contributed by atoms with van der Waals surface area (Å²) in [7, 11) is 1.39. The Morgan fingerprint density at radius 1 is 1.07 bits per heavy atom. The predicted molar refractivity (Wildman–Crippen MR) is 104 cm³/mol. The summed E-state index contributed by atoms with van der Waals surface area (Å²) in [6.07, 6.45) is -2.30. The fourth-order valence-corrected chi connectivity index (χ4v) is 2.96. The molecular formula is C20H32NO7+. The van der Waals surface area contributed by atoms with Crippen LogP contribution in [-0.2, 0) is 28.5 Å². The molecule has 0 spiro atoms. The molecule has 0 radical (unpaired) electrons. The van der Waals surface area contributed by atoms with Gasteiger partial charge in [0.15, 0.2) is 6.10 Å². The zero-order chi connectivity index (χ0) is 21.1. The Balaban J connectivity index is 2.96. The van der Waals surface area contributed by atoms with Gasteiger partial charge in [-0.3, -0.25) is 9.59 Å². The summed E-state index contributed by atoms with van der Waals surface area (Å²) in [5.41, 5.74) is 7.13. The van der Waals surface area contributed by atoms with E-state index in [0.717, 1.165) is 5.56 Å². The Bertz CT molecular complexity index is 595. The summed E-state index contributed by atoms with van der Waals surface area (Å²) < 4.78 is 21.4. The molecule has 0 aliphatic rings. The fourth-order valence-electron chi connectivity index (χ4n) is 2.96. The van der Waals surface area contributed by atoms with Gasteiger partial charge in [0, 0.05) is 27.6 Å². The summed E-state index contributed by atoms with van der Waals surface area (Å²) in [6.45, 7) is 4.77. The number of ether oxygens (including phenoxy) is 4. The van der Waals surface area contributed by atoms with E-state index in [9.17, 15) is 9.59 Å². The lowest BCUT2D eigenvalue weighted by Crippen LogP contribution is -2.53. The first kappa shape index (κ1) is 24.0. The minimum Gasteiger partial charge on any atom is -0.461 e. The Labute approximate surface area is 165 Å². The van der Waals surface area contributed by atoms with Gasteiger partial charge in [-0.25, -0.2) is 0 Å². The van der Waals surface area contributed by atoms with Gasteiger partial charge in [0.25, 0.3) is 6.29 Å². The second-order valence-corrected chi connectivity index (χ2v) is 6.39. The summed E-state index contributed by atoms with van der Waals surface area (Å²) in [4.78, 5) is 23.1.